The molecule has 3 aliphatic heterocycles. The monoisotopic (exact) mass is 512 g/mol. The number of carbonyl (C=O) groups is 1. The molecule has 9 heteroatoms. The zero-order chi connectivity index (χ0) is 26.2. The number of oxazole rings is 2. The van der Waals surface area contributed by atoms with Gasteiger partial charge in [-0.1, -0.05) is 51.1 Å². The van der Waals surface area contributed by atoms with Crippen LogP contribution in [-0.4, -0.2) is 27.2 Å². The van der Waals surface area contributed by atoms with Gasteiger partial charge in [0.1, 0.15) is 29.2 Å². The Morgan fingerprint density at radius 1 is 1.13 bits per heavy atom. The molecule has 9 nitrogen and oxygen atoms in total. The van der Waals surface area contributed by atoms with E-state index in [0.717, 1.165) is 28.1 Å². The van der Waals surface area contributed by atoms with E-state index in [1.165, 1.54) is 6.26 Å². The minimum absolute atomic E-state index is 0.00139. The number of anilines is 1. The van der Waals surface area contributed by atoms with Gasteiger partial charge in [0.25, 0.3) is 0 Å². The van der Waals surface area contributed by atoms with Crippen molar-refractivity contribution < 1.29 is 23.5 Å². The quantitative estimate of drug-likeness (QED) is 0.371. The summed E-state index contributed by atoms with van der Waals surface area (Å²) in [6.45, 7) is 5.71. The highest BCUT2D eigenvalue weighted by atomic mass is 16.5. The first-order valence-electron chi connectivity index (χ1n) is 12.9. The van der Waals surface area contributed by atoms with Crippen molar-refractivity contribution in [3.63, 3.8) is 0 Å². The number of rotatable bonds is 3. The number of aromatic nitrogens is 2. The molecule has 4 aromatic rings. The highest BCUT2D eigenvalue weighted by Gasteiger charge is 2.61. The number of nitrogens with zero attached hydrogens (tertiary/aromatic N) is 2. The van der Waals surface area contributed by atoms with Crippen molar-refractivity contribution in [3.05, 3.63) is 82.8 Å². The first-order valence-corrected chi connectivity index (χ1v) is 12.9. The summed E-state index contributed by atoms with van der Waals surface area (Å²) < 4.78 is 19.1. The number of hydrogen-bond donors (Lipinski definition) is 3. The first-order chi connectivity index (χ1) is 18.4. The fourth-order valence-electron chi connectivity index (χ4n) is 5.98. The van der Waals surface area contributed by atoms with Crippen molar-refractivity contribution in [2.45, 2.75) is 51.5 Å². The van der Waals surface area contributed by atoms with Gasteiger partial charge in [-0.2, -0.15) is 0 Å². The van der Waals surface area contributed by atoms with Crippen molar-refractivity contribution in [2.75, 3.05) is 5.32 Å². The molecule has 3 aliphatic rings. The zero-order valence-electron chi connectivity index (χ0n) is 21.3. The molecule has 1 spiro atoms. The number of ether oxygens (including phenoxy) is 1. The number of aliphatic hydroxyl groups is 1. The Hall–Kier alpha value is -4.11. The number of fused-ring (bicyclic) bond motifs is 4. The maximum absolute atomic E-state index is 13.3. The molecule has 1 amide bonds. The van der Waals surface area contributed by atoms with Crippen LogP contribution in [0, 0.1) is 11.8 Å². The molecular weight excluding hydrogens is 484 g/mol. The van der Waals surface area contributed by atoms with E-state index in [-0.39, 0.29) is 30.2 Å². The molecule has 5 heterocycles. The Bertz CT molecular complexity index is 1570. The summed E-state index contributed by atoms with van der Waals surface area (Å²) in [7, 11) is 0. The van der Waals surface area contributed by atoms with Gasteiger partial charge in [0.15, 0.2) is 17.7 Å². The Labute approximate surface area is 219 Å². The summed E-state index contributed by atoms with van der Waals surface area (Å²) in [4.78, 5) is 22.7. The van der Waals surface area contributed by atoms with Crippen molar-refractivity contribution in [2.24, 2.45) is 11.8 Å². The molecule has 3 N–H and O–H groups in total. The van der Waals surface area contributed by atoms with E-state index < -0.39 is 17.7 Å². The second-order valence-electron chi connectivity index (χ2n) is 10.7. The Morgan fingerprint density at radius 3 is 2.76 bits per heavy atom. The Balaban J connectivity index is 1.58. The molecule has 4 atom stereocenters. The SMILES string of the molecule is CC(C)[C@@H]1NC(=O)[C@@H](C)Cc2ccc3c(c2)C2(c4ccccc4N[C@H]2O3)c2oc1nc2-c1nc(CO)co1. The molecule has 0 aliphatic carbocycles. The van der Waals surface area contributed by atoms with Crippen LogP contribution in [-0.2, 0) is 23.2 Å². The largest absolute Gasteiger partial charge is 0.469 e. The van der Waals surface area contributed by atoms with Crippen LogP contribution in [0.25, 0.3) is 11.6 Å². The van der Waals surface area contributed by atoms with Crippen molar-refractivity contribution >= 4 is 11.6 Å². The molecule has 1 unspecified atom stereocenters. The van der Waals surface area contributed by atoms with Crippen LogP contribution in [0.5, 0.6) is 5.75 Å². The molecule has 2 aromatic heterocycles. The highest BCUT2D eigenvalue weighted by Crippen LogP contribution is 2.59. The third-order valence-corrected chi connectivity index (χ3v) is 7.88. The van der Waals surface area contributed by atoms with Crippen LogP contribution in [0.1, 0.15) is 60.8 Å². The average molecular weight is 513 g/mol. The molecule has 7 rings (SSSR count). The molecule has 0 fully saturated rings. The smallest absolute Gasteiger partial charge is 0.249 e. The number of carbonyl (C=O) groups excluding carboxylic acids is 1. The second kappa shape index (κ2) is 8.19. The van der Waals surface area contributed by atoms with Gasteiger partial charge in [-0.15, -0.1) is 0 Å². The lowest BCUT2D eigenvalue weighted by atomic mass is 9.72. The molecular formula is C29H28N4O5. The maximum atomic E-state index is 13.3. The van der Waals surface area contributed by atoms with Crippen LogP contribution >= 0.6 is 0 Å². The molecule has 2 aromatic carbocycles. The minimum Gasteiger partial charge on any atom is -0.469 e. The maximum Gasteiger partial charge on any atom is 0.249 e. The van der Waals surface area contributed by atoms with Gasteiger partial charge in [-0.25, -0.2) is 9.97 Å². The summed E-state index contributed by atoms with van der Waals surface area (Å²) in [5.74, 6) is 1.54. The van der Waals surface area contributed by atoms with E-state index in [9.17, 15) is 9.90 Å². The number of para-hydroxylation sites is 1. The van der Waals surface area contributed by atoms with Gasteiger partial charge in [0.05, 0.1) is 6.61 Å². The zero-order valence-corrected chi connectivity index (χ0v) is 21.3. The number of amides is 1. The number of aliphatic hydroxyl groups excluding tert-OH is 1. The molecule has 0 radical (unpaired) electrons. The van der Waals surface area contributed by atoms with Gasteiger partial charge in [0.2, 0.25) is 17.7 Å². The van der Waals surface area contributed by atoms with Gasteiger partial charge in [-0.05, 0) is 35.6 Å². The predicted octanol–water partition coefficient (Wildman–Crippen LogP) is 4.31. The number of benzene rings is 2. The van der Waals surface area contributed by atoms with Crippen LogP contribution in [0.2, 0.25) is 0 Å². The average Bonchev–Trinajstić information content (AvgIpc) is 3.66. The number of hydrogen-bond acceptors (Lipinski definition) is 8. The molecule has 194 valence electrons. The number of nitrogens with one attached hydrogen (secondary N) is 2. The van der Waals surface area contributed by atoms with Gasteiger partial charge in [0, 0.05) is 17.2 Å². The van der Waals surface area contributed by atoms with Crippen molar-refractivity contribution in [1.29, 1.82) is 0 Å². The summed E-state index contributed by atoms with van der Waals surface area (Å²) in [6, 6.07) is 13.7. The molecule has 0 saturated heterocycles. The van der Waals surface area contributed by atoms with Crippen LogP contribution in [0.4, 0.5) is 5.69 Å². The Kier molecular flexibility index (Phi) is 4.97. The van der Waals surface area contributed by atoms with Crippen LogP contribution in [0.3, 0.4) is 0 Å². The van der Waals surface area contributed by atoms with E-state index in [0.29, 0.717) is 29.5 Å². The van der Waals surface area contributed by atoms with Crippen LogP contribution < -0.4 is 15.4 Å². The molecule has 0 saturated carbocycles. The lowest BCUT2D eigenvalue weighted by Crippen LogP contribution is -2.40. The predicted molar refractivity (Wildman–Crippen MR) is 137 cm³/mol. The van der Waals surface area contributed by atoms with Crippen molar-refractivity contribution in [3.8, 4) is 17.3 Å². The lowest BCUT2D eigenvalue weighted by molar-refractivity contribution is -0.125. The van der Waals surface area contributed by atoms with E-state index in [2.05, 4.69) is 27.8 Å². The third-order valence-electron chi connectivity index (χ3n) is 7.88. The summed E-state index contributed by atoms with van der Waals surface area (Å²) in [6.07, 6.45) is 1.50. The van der Waals surface area contributed by atoms with Gasteiger partial charge >= 0.3 is 0 Å². The molecule has 38 heavy (non-hydrogen) atoms. The Morgan fingerprint density at radius 2 is 1.97 bits per heavy atom. The van der Waals surface area contributed by atoms with E-state index in [1.54, 1.807) is 0 Å². The van der Waals surface area contributed by atoms with Gasteiger partial charge < -0.3 is 29.3 Å². The normalized spacial score (nSPS) is 25.1. The van der Waals surface area contributed by atoms with Crippen molar-refractivity contribution in [1.82, 2.24) is 15.3 Å². The highest BCUT2D eigenvalue weighted by molar-refractivity contribution is 5.80. The summed E-state index contributed by atoms with van der Waals surface area (Å²) in [5.41, 5.74) is 3.82. The van der Waals surface area contributed by atoms with Crippen LogP contribution in [0.15, 0.2) is 57.6 Å². The third kappa shape index (κ3) is 3.11. The summed E-state index contributed by atoms with van der Waals surface area (Å²) >= 11 is 0. The lowest BCUT2D eigenvalue weighted by Gasteiger charge is -2.28. The second-order valence-corrected chi connectivity index (χ2v) is 10.7. The van der Waals surface area contributed by atoms with E-state index in [4.69, 9.17) is 18.6 Å². The topological polar surface area (TPSA) is 123 Å². The molecule has 4 bridgehead atoms. The van der Waals surface area contributed by atoms with E-state index in [1.807, 2.05) is 51.1 Å². The minimum atomic E-state index is -0.885. The standard InChI is InChI=1S/C29H28N4O5/c1-14(2)22-27-33-23(26-30-17(12-34)13-36-26)24(38-27)29-18-6-4-5-7-20(18)31-28(29)37-21-9-8-16(11-19(21)29)10-15(3)25(35)32-22/h4-9,11,13-15,22,28,31,34H,10,12H2,1-3H3,(H,32,35)/t15-,22-,28-,29?/m0/s1. The van der Waals surface area contributed by atoms with Gasteiger partial charge in [-0.3, -0.25) is 4.79 Å². The fraction of sp³-hybridized carbons (Fsp3) is 0.345. The summed E-state index contributed by atoms with van der Waals surface area (Å²) in [5, 5.41) is 16.4. The first kappa shape index (κ1) is 23.0. The fourth-order valence-corrected chi connectivity index (χ4v) is 5.98. The van der Waals surface area contributed by atoms with E-state index >= 15 is 0 Å².